The van der Waals surface area contributed by atoms with Crippen molar-refractivity contribution < 1.29 is 4.74 Å². The first-order valence-corrected chi connectivity index (χ1v) is 5.01. The van der Waals surface area contributed by atoms with Crippen LogP contribution in [-0.4, -0.2) is 37.2 Å². The van der Waals surface area contributed by atoms with Gasteiger partial charge in [-0.15, -0.1) is 0 Å². The number of nitrogens with zero attached hydrogens (tertiary/aromatic N) is 1. The van der Waals surface area contributed by atoms with E-state index in [0.717, 1.165) is 6.54 Å². The number of ether oxygens (including phenoxy) is 1. The van der Waals surface area contributed by atoms with Gasteiger partial charge in [-0.05, 0) is 20.3 Å². The van der Waals surface area contributed by atoms with Crippen LogP contribution in [0.1, 0.15) is 34.1 Å². The molecule has 0 radical (unpaired) electrons. The molecule has 2 heteroatoms. The fourth-order valence-corrected chi connectivity index (χ4v) is 1.42. The molecule has 1 atom stereocenters. The van der Waals surface area contributed by atoms with Gasteiger partial charge in [-0.2, -0.15) is 0 Å². The predicted molar refractivity (Wildman–Crippen MR) is 53.5 cm³/mol. The van der Waals surface area contributed by atoms with E-state index in [-0.39, 0.29) is 0 Å². The minimum atomic E-state index is 0.488. The summed E-state index contributed by atoms with van der Waals surface area (Å²) in [4.78, 5) is 2.45. The maximum absolute atomic E-state index is 5.25. The molecule has 1 rings (SSSR count). The first-order chi connectivity index (χ1) is 5.74. The van der Waals surface area contributed by atoms with E-state index >= 15 is 0 Å². The van der Waals surface area contributed by atoms with E-state index in [1.807, 2.05) is 13.8 Å². The molecule has 0 aromatic carbocycles. The van der Waals surface area contributed by atoms with Crippen molar-refractivity contribution in [3.05, 3.63) is 0 Å². The molecule has 1 unspecified atom stereocenters. The fraction of sp³-hybridized carbons (Fsp3) is 1.00. The molecule has 1 aliphatic rings. The summed E-state index contributed by atoms with van der Waals surface area (Å²) in [6.45, 7) is 10.8. The molecule has 0 amide bonds. The van der Waals surface area contributed by atoms with Crippen molar-refractivity contribution in [3.63, 3.8) is 0 Å². The highest BCUT2D eigenvalue weighted by Gasteiger charge is 2.23. The first kappa shape index (κ1) is 11.9. The van der Waals surface area contributed by atoms with Crippen molar-refractivity contribution in [1.29, 1.82) is 0 Å². The summed E-state index contributed by atoms with van der Waals surface area (Å²) in [5, 5.41) is 0. The molecule has 2 nitrogen and oxygen atoms in total. The summed E-state index contributed by atoms with van der Waals surface area (Å²) in [5.41, 5.74) is 0. The largest absolute Gasteiger partial charge is 0.380 e. The second kappa shape index (κ2) is 6.44. The lowest BCUT2D eigenvalue weighted by atomic mass is 10.3. The highest BCUT2D eigenvalue weighted by Crippen LogP contribution is 2.13. The van der Waals surface area contributed by atoms with E-state index in [4.69, 9.17) is 4.74 Å². The number of rotatable bonds is 2. The molecule has 0 aliphatic carbocycles. The van der Waals surface area contributed by atoms with Gasteiger partial charge in [0.2, 0.25) is 0 Å². The van der Waals surface area contributed by atoms with E-state index in [9.17, 15) is 0 Å². The number of hydrogen-bond donors (Lipinski definition) is 0. The lowest BCUT2D eigenvalue weighted by Crippen LogP contribution is -2.29. The van der Waals surface area contributed by atoms with Crippen LogP contribution in [0.15, 0.2) is 0 Å². The zero-order valence-corrected chi connectivity index (χ0v) is 9.13. The Balaban J connectivity index is 0.000000561. The molecule has 0 saturated carbocycles. The van der Waals surface area contributed by atoms with Gasteiger partial charge in [0.15, 0.2) is 0 Å². The maximum atomic E-state index is 5.25. The van der Waals surface area contributed by atoms with Crippen molar-refractivity contribution >= 4 is 0 Å². The molecule has 0 bridgehead atoms. The zero-order chi connectivity index (χ0) is 9.56. The Hall–Kier alpha value is -0.0800. The van der Waals surface area contributed by atoms with Crippen LogP contribution in [0.3, 0.4) is 0 Å². The lowest BCUT2D eigenvalue weighted by molar-refractivity contribution is 0.104. The normalized spacial score (nSPS) is 24.0. The van der Waals surface area contributed by atoms with Crippen molar-refractivity contribution in [1.82, 2.24) is 4.90 Å². The molecule has 1 saturated heterocycles. The van der Waals surface area contributed by atoms with E-state index in [2.05, 4.69) is 18.7 Å². The Kier molecular flexibility index (Phi) is 6.39. The lowest BCUT2D eigenvalue weighted by Gasteiger charge is -2.19. The standard InChI is InChI=1S/C8H17NO.C2H6/c1-7(2)9-5-4-8(6-9)10-3;1-2/h7-8H,4-6H2,1-3H3;1-2H3. The van der Waals surface area contributed by atoms with Gasteiger partial charge in [0.05, 0.1) is 6.10 Å². The summed E-state index contributed by atoms with van der Waals surface area (Å²) in [6, 6.07) is 0.681. The minimum absolute atomic E-state index is 0.488. The topological polar surface area (TPSA) is 12.5 Å². The van der Waals surface area contributed by atoms with Crippen molar-refractivity contribution in [2.45, 2.75) is 46.3 Å². The van der Waals surface area contributed by atoms with Gasteiger partial charge in [0.1, 0.15) is 0 Å². The molecular weight excluding hydrogens is 150 g/mol. The van der Waals surface area contributed by atoms with E-state index in [0.29, 0.717) is 12.1 Å². The Morgan fingerprint density at radius 1 is 1.33 bits per heavy atom. The number of likely N-dealkylation sites (tertiary alicyclic amines) is 1. The van der Waals surface area contributed by atoms with Crippen LogP contribution < -0.4 is 0 Å². The Morgan fingerprint density at radius 3 is 2.17 bits per heavy atom. The number of hydrogen-bond acceptors (Lipinski definition) is 2. The van der Waals surface area contributed by atoms with Gasteiger partial charge >= 0.3 is 0 Å². The monoisotopic (exact) mass is 173 g/mol. The fourth-order valence-electron chi connectivity index (χ4n) is 1.42. The first-order valence-electron chi connectivity index (χ1n) is 5.01. The van der Waals surface area contributed by atoms with Gasteiger partial charge in [0.25, 0.3) is 0 Å². The molecule has 0 spiro atoms. The predicted octanol–water partition coefficient (Wildman–Crippen LogP) is 2.14. The Morgan fingerprint density at radius 2 is 1.92 bits per heavy atom. The Bertz CT molecular complexity index is 104. The molecule has 1 aliphatic heterocycles. The highest BCUT2D eigenvalue weighted by molar-refractivity contribution is 4.77. The van der Waals surface area contributed by atoms with Crippen molar-refractivity contribution in [2.75, 3.05) is 20.2 Å². The molecular formula is C10H23NO. The van der Waals surface area contributed by atoms with Gasteiger partial charge in [-0.3, -0.25) is 4.90 Å². The van der Waals surface area contributed by atoms with Crippen LogP contribution in [0, 0.1) is 0 Å². The second-order valence-corrected chi connectivity index (χ2v) is 3.24. The average Bonchev–Trinajstić information content (AvgIpc) is 2.55. The minimum Gasteiger partial charge on any atom is -0.380 e. The van der Waals surface area contributed by atoms with Gasteiger partial charge < -0.3 is 4.74 Å². The molecule has 1 fully saturated rings. The van der Waals surface area contributed by atoms with E-state index < -0.39 is 0 Å². The summed E-state index contributed by atoms with van der Waals surface area (Å²) in [7, 11) is 1.80. The van der Waals surface area contributed by atoms with Crippen LogP contribution in [0.5, 0.6) is 0 Å². The third-order valence-corrected chi connectivity index (χ3v) is 2.24. The second-order valence-electron chi connectivity index (χ2n) is 3.24. The van der Waals surface area contributed by atoms with Gasteiger partial charge in [0, 0.05) is 26.2 Å². The van der Waals surface area contributed by atoms with Gasteiger partial charge in [-0.25, -0.2) is 0 Å². The SMILES string of the molecule is CC.COC1CCN(C(C)C)C1. The third kappa shape index (κ3) is 3.55. The molecule has 74 valence electrons. The zero-order valence-electron chi connectivity index (χ0n) is 9.13. The number of methoxy groups -OCH3 is 1. The third-order valence-electron chi connectivity index (χ3n) is 2.24. The summed E-state index contributed by atoms with van der Waals surface area (Å²) in [6.07, 6.45) is 1.69. The summed E-state index contributed by atoms with van der Waals surface area (Å²) < 4.78 is 5.25. The average molecular weight is 173 g/mol. The molecule has 0 aromatic heterocycles. The molecule has 0 aromatic rings. The van der Waals surface area contributed by atoms with Crippen LogP contribution in [0.4, 0.5) is 0 Å². The quantitative estimate of drug-likeness (QED) is 0.634. The highest BCUT2D eigenvalue weighted by atomic mass is 16.5. The van der Waals surface area contributed by atoms with Crippen LogP contribution in [0.2, 0.25) is 0 Å². The smallest absolute Gasteiger partial charge is 0.0710 e. The van der Waals surface area contributed by atoms with Crippen LogP contribution in [-0.2, 0) is 4.74 Å². The van der Waals surface area contributed by atoms with E-state index in [1.54, 1.807) is 7.11 Å². The van der Waals surface area contributed by atoms with Gasteiger partial charge in [-0.1, -0.05) is 13.8 Å². The maximum Gasteiger partial charge on any atom is 0.0710 e. The van der Waals surface area contributed by atoms with E-state index in [1.165, 1.54) is 13.0 Å². The van der Waals surface area contributed by atoms with Crippen molar-refractivity contribution in [3.8, 4) is 0 Å². The molecule has 1 heterocycles. The molecule has 12 heavy (non-hydrogen) atoms. The van der Waals surface area contributed by atoms with Crippen LogP contribution in [0.25, 0.3) is 0 Å². The van der Waals surface area contributed by atoms with Crippen molar-refractivity contribution in [2.24, 2.45) is 0 Å². The molecule has 0 N–H and O–H groups in total. The summed E-state index contributed by atoms with van der Waals surface area (Å²) in [5.74, 6) is 0. The Labute approximate surface area is 76.9 Å². The van der Waals surface area contributed by atoms with Crippen LogP contribution >= 0.6 is 0 Å². The summed E-state index contributed by atoms with van der Waals surface area (Å²) >= 11 is 0.